The van der Waals surface area contributed by atoms with Crippen LogP contribution in [-0.2, 0) is 45.6 Å². The van der Waals surface area contributed by atoms with Gasteiger partial charge in [0.15, 0.2) is 0 Å². The Bertz CT molecular complexity index is 1720. The van der Waals surface area contributed by atoms with Crippen LogP contribution in [0.25, 0.3) is 0 Å². The lowest BCUT2D eigenvalue weighted by atomic mass is 10.0. The highest BCUT2D eigenvalue weighted by Crippen LogP contribution is 2.45. The SMILES string of the molecule is COc1ccc(COC(=O)C2=C(Sc3ccc(Cc4nccn4C)cc3)CS[C@H]3[C@H](NC(=O)Cc4ccccc4)C(=O)N23)cc1. The zero-order valence-electron chi connectivity index (χ0n) is 24.8. The van der Waals surface area contributed by atoms with E-state index in [0.717, 1.165) is 32.3 Å². The van der Waals surface area contributed by atoms with Gasteiger partial charge in [0, 0.05) is 41.4 Å². The third kappa shape index (κ3) is 6.94. The van der Waals surface area contributed by atoms with Gasteiger partial charge in [-0.15, -0.1) is 11.8 Å². The van der Waals surface area contributed by atoms with Crippen LogP contribution < -0.4 is 10.1 Å². The van der Waals surface area contributed by atoms with Crippen molar-refractivity contribution in [3.05, 3.63) is 124 Å². The van der Waals surface area contributed by atoms with Crippen LogP contribution >= 0.6 is 23.5 Å². The van der Waals surface area contributed by atoms with Gasteiger partial charge in [-0.1, -0.05) is 66.4 Å². The Kier molecular flexibility index (Phi) is 9.27. The van der Waals surface area contributed by atoms with E-state index in [1.807, 2.05) is 84.5 Å². The van der Waals surface area contributed by atoms with E-state index in [4.69, 9.17) is 9.47 Å². The molecule has 1 saturated heterocycles. The van der Waals surface area contributed by atoms with Crippen LogP contribution in [0.3, 0.4) is 0 Å². The maximum atomic E-state index is 13.6. The summed E-state index contributed by atoms with van der Waals surface area (Å²) in [7, 11) is 3.56. The van der Waals surface area contributed by atoms with Gasteiger partial charge in [0.1, 0.15) is 35.3 Å². The molecule has 0 saturated carbocycles. The number of aryl methyl sites for hydroxylation is 1. The summed E-state index contributed by atoms with van der Waals surface area (Å²) in [5.74, 6) is 1.03. The monoisotopic (exact) mass is 640 g/mol. The molecule has 1 N–H and O–H groups in total. The minimum Gasteiger partial charge on any atom is -0.497 e. The Morgan fingerprint density at radius 3 is 2.42 bits per heavy atom. The molecule has 230 valence electrons. The standard InChI is InChI=1S/C34H32N4O5S2/c1-37-17-16-35-28(37)18-23-10-14-26(15-11-23)45-27-21-44-33-30(36-29(39)19-22-6-4-3-5-7-22)32(40)38(33)31(27)34(41)43-20-24-8-12-25(42-2)13-9-24/h3-17,30,33H,18-21H2,1-2H3,(H,36,39)/t30-,33+/m1/s1. The van der Waals surface area contributed by atoms with E-state index < -0.39 is 17.4 Å². The first-order valence-corrected chi connectivity index (χ1v) is 16.3. The van der Waals surface area contributed by atoms with Crippen molar-refractivity contribution in [1.82, 2.24) is 19.8 Å². The molecule has 1 aromatic heterocycles. The molecule has 11 heteroatoms. The lowest BCUT2D eigenvalue weighted by molar-refractivity contribution is -0.153. The molecule has 0 bridgehead atoms. The summed E-state index contributed by atoms with van der Waals surface area (Å²) < 4.78 is 13.0. The Labute approximate surface area is 270 Å². The fourth-order valence-electron chi connectivity index (χ4n) is 5.17. The Hall–Kier alpha value is -4.48. The van der Waals surface area contributed by atoms with E-state index in [0.29, 0.717) is 17.9 Å². The molecule has 3 heterocycles. The van der Waals surface area contributed by atoms with Gasteiger partial charge in [-0.2, -0.15) is 0 Å². The number of methoxy groups -OCH3 is 1. The number of hydrogen-bond donors (Lipinski definition) is 1. The van der Waals surface area contributed by atoms with Gasteiger partial charge in [-0.25, -0.2) is 9.78 Å². The van der Waals surface area contributed by atoms with Gasteiger partial charge in [0.05, 0.1) is 13.5 Å². The summed E-state index contributed by atoms with van der Waals surface area (Å²) in [6, 6.07) is 24.0. The summed E-state index contributed by atoms with van der Waals surface area (Å²) in [5, 5.41) is 2.49. The van der Waals surface area contributed by atoms with Gasteiger partial charge in [-0.05, 0) is 41.0 Å². The first-order valence-electron chi connectivity index (χ1n) is 14.4. The molecule has 2 atom stereocenters. The molecule has 0 unspecified atom stereocenters. The molecule has 2 aliphatic rings. The van der Waals surface area contributed by atoms with Crippen molar-refractivity contribution in [1.29, 1.82) is 0 Å². The zero-order valence-corrected chi connectivity index (χ0v) is 26.5. The van der Waals surface area contributed by atoms with E-state index in [-0.39, 0.29) is 30.5 Å². The summed E-state index contributed by atoms with van der Waals surface area (Å²) in [6.45, 7) is 0.0449. The summed E-state index contributed by atoms with van der Waals surface area (Å²) >= 11 is 2.97. The van der Waals surface area contributed by atoms with Gasteiger partial charge >= 0.3 is 5.97 Å². The van der Waals surface area contributed by atoms with Gasteiger partial charge in [0.25, 0.3) is 5.91 Å². The molecule has 2 amide bonds. The normalized spacial score (nSPS) is 17.4. The number of β-lactam (4-membered cyclic amide) rings is 1. The van der Waals surface area contributed by atoms with E-state index in [1.54, 1.807) is 25.4 Å². The molecule has 0 aliphatic carbocycles. The molecule has 45 heavy (non-hydrogen) atoms. The molecule has 6 rings (SSSR count). The van der Waals surface area contributed by atoms with Crippen molar-refractivity contribution >= 4 is 41.3 Å². The molecule has 1 fully saturated rings. The van der Waals surface area contributed by atoms with Crippen LogP contribution in [-0.4, -0.2) is 56.5 Å². The smallest absolute Gasteiger partial charge is 0.356 e. The van der Waals surface area contributed by atoms with Gasteiger partial charge in [0.2, 0.25) is 5.91 Å². The number of fused-ring (bicyclic) bond motifs is 1. The number of hydrogen-bond acceptors (Lipinski definition) is 8. The average molecular weight is 641 g/mol. The average Bonchev–Trinajstić information content (AvgIpc) is 3.47. The van der Waals surface area contributed by atoms with Crippen LogP contribution in [0.2, 0.25) is 0 Å². The summed E-state index contributed by atoms with van der Waals surface area (Å²) in [5.41, 5.74) is 3.01. The summed E-state index contributed by atoms with van der Waals surface area (Å²) in [4.78, 5) is 47.5. The van der Waals surface area contributed by atoms with Crippen LogP contribution in [0, 0.1) is 0 Å². The molecular weight excluding hydrogens is 609 g/mol. The molecule has 0 spiro atoms. The number of amides is 2. The maximum absolute atomic E-state index is 13.6. The van der Waals surface area contributed by atoms with Crippen molar-refractivity contribution in [2.45, 2.75) is 35.8 Å². The lowest BCUT2D eigenvalue weighted by Crippen LogP contribution is -2.70. The molecule has 9 nitrogen and oxygen atoms in total. The number of thioether (sulfide) groups is 2. The second kappa shape index (κ2) is 13.7. The maximum Gasteiger partial charge on any atom is 0.356 e. The number of nitrogens with zero attached hydrogens (tertiary/aromatic N) is 3. The van der Waals surface area contributed by atoms with Crippen LogP contribution in [0.15, 0.2) is 107 Å². The predicted molar refractivity (Wildman–Crippen MR) is 173 cm³/mol. The fraction of sp³-hybridized carbons (Fsp3) is 0.235. The molecular formula is C34H32N4O5S2. The highest BCUT2D eigenvalue weighted by Gasteiger charge is 2.54. The second-order valence-electron chi connectivity index (χ2n) is 10.7. The third-order valence-corrected chi connectivity index (χ3v) is 10.2. The van der Waals surface area contributed by atoms with E-state index in [9.17, 15) is 14.4 Å². The van der Waals surface area contributed by atoms with Crippen LogP contribution in [0.4, 0.5) is 0 Å². The van der Waals surface area contributed by atoms with Crippen LogP contribution in [0.1, 0.15) is 22.5 Å². The highest BCUT2D eigenvalue weighted by atomic mass is 32.2. The minimum absolute atomic E-state index is 0.0449. The van der Waals surface area contributed by atoms with Gasteiger partial charge < -0.3 is 19.4 Å². The Morgan fingerprint density at radius 1 is 1.00 bits per heavy atom. The Balaban J connectivity index is 1.19. The second-order valence-corrected chi connectivity index (χ2v) is 13.0. The number of esters is 1. The molecule has 3 aromatic carbocycles. The first-order chi connectivity index (χ1) is 21.9. The highest BCUT2D eigenvalue weighted by molar-refractivity contribution is 8.06. The number of carbonyl (C=O) groups excluding carboxylic acids is 3. The quantitative estimate of drug-likeness (QED) is 0.186. The zero-order chi connectivity index (χ0) is 31.3. The van der Waals surface area contributed by atoms with Crippen molar-refractivity contribution < 1.29 is 23.9 Å². The number of nitrogens with one attached hydrogen (secondary N) is 1. The van der Waals surface area contributed by atoms with Crippen molar-refractivity contribution in [3.8, 4) is 5.75 Å². The molecule has 2 aliphatic heterocycles. The van der Waals surface area contributed by atoms with E-state index in [1.165, 1.54) is 28.4 Å². The van der Waals surface area contributed by atoms with Crippen LogP contribution in [0.5, 0.6) is 5.75 Å². The molecule has 4 aromatic rings. The summed E-state index contributed by atoms with van der Waals surface area (Å²) in [6.07, 6.45) is 4.58. The number of ether oxygens (including phenoxy) is 2. The topological polar surface area (TPSA) is 103 Å². The number of imidazole rings is 1. The number of benzene rings is 3. The lowest BCUT2D eigenvalue weighted by Gasteiger charge is -2.49. The minimum atomic E-state index is -0.715. The number of aromatic nitrogens is 2. The third-order valence-electron chi connectivity index (χ3n) is 7.63. The van der Waals surface area contributed by atoms with E-state index >= 15 is 0 Å². The van der Waals surface area contributed by atoms with E-state index in [2.05, 4.69) is 10.3 Å². The van der Waals surface area contributed by atoms with Gasteiger partial charge in [-0.3, -0.25) is 14.5 Å². The fourth-order valence-corrected chi connectivity index (χ4v) is 7.64. The van der Waals surface area contributed by atoms with Crippen molar-refractivity contribution in [2.75, 3.05) is 12.9 Å². The van der Waals surface area contributed by atoms with Crippen molar-refractivity contribution in [3.63, 3.8) is 0 Å². The Morgan fingerprint density at radius 2 is 1.73 bits per heavy atom. The largest absolute Gasteiger partial charge is 0.497 e. The molecule has 0 radical (unpaired) electrons. The number of carbonyl (C=O) groups is 3. The first kappa shape index (κ1) is 30.5. The predicted octanol–water partition coefficient (Wildman–Crippen LogP) is 4.71. The number of rotatable bonds is 11. The van der Waals surface area contributed by atoms with Crippen molar-refractivity contribution in [2.24, 2.45) is 7.05 Å².